The van der Waals surface area contributed by atoms with Crippen LogP contribution in [0.3, 0.4) is 0 Å². The van der Waals surface area contributed by atoms with Gasteiger partial charge in [0.2, 0.25) is 11.8 Å². The van der Waals surface area contributed by atoms with E-state index in [-0.39, 0.29) is 42.7 Å². The number of benzene rings is 2. The van der Waals surface area contributed by atoms with Crippen LogP contribution < -0.4 is 0 Å². The third kappa shape index (κ3) is 4.26. The molecule has 3 aromatic rings. The van der Waals surface area contributed by atoms with Gasteiger partial charge < -0.3 is 14.2 Å². The molecule has 0 spiro atoms. The van der Waals surface area contributed by atoms with Gasteiger partial charge in [0, 0.05) is 36.0 Å². The number of rotatable bonds is 4. The Labute approximate surface area is 193 Å². The number of aryl methyl sites for hydroxylation is 1. The highest BCUT2D eigenvalue weighted by atomic mass is 19.1. The van der Waals surface area contributed by atoms with Crippen LogP contribution in [-0.2, 0) is 22.6 Å². The lowest BCUT2D eigenvalue weighted by Gasteiger charge is -2.37. The summed E-state index contributed by atoms with van der Waals surface area (Å²) >= 11 is 0. The largest absolute Gasteiger partial charge is 0.464 e. The molecular weight excluding hydrogens is 419 g/mol. The van der Waals surface area contributed by atoms with Crippen LogP contribution in [-0.4, -0.2) is 40.2 Å². The maximum absolute atomic E-state index is 14.4. The molecule has 2 saturated heterocycles. The van der Waals surface area contributed by atoms with Crippen molar-refractivity contribution in [1.29, 1.82) is 0 Å². The minimum absolute atomic E-state index is 0.0334. The number of amides is 2. The first-order valence-electron chi connectivity index (χ1n) is 11.8. The first-order chi connectivity index (χ1) is 16.0. The number of hydrogen-bond acceptors (Lipinski definition) is 3. The van der Waals surface area contributed by atoms with E-state index in [1.165, 1.54) is 6.07 Å². The van der Waals surface area contributed by atoms with Gasteiger partial charge in [-0.2, -0.15) is 0 Å². The van der Waals surface area contributed by atoms with Crippen molar-refractivity contribution in [2.75, 3.05) is 6.54 Å². The molecule has 2 atom stereocenters. The normalized spacial score (nSPS) is 21.2. The van der Waals surface area contributed by atoms with Gasteiger partial charge in [0.25, 0.3) is 0 Å². The van der Waals surface area contributed by atoms with Crippen LogP contribution in [0, 0.1) is 12.7 Å². The molecule has 5 nitrogen and oxygen atoms in total. The predicted octanol–water partition coefficient (Wildman–Crippen LogP) is 5.00. The Morgan fingerprint density at radius 2 is 1.94 bits per heavy atom. The molecule has 2 aliphatic heterocycles. The van der Waals surface area contributed by atoms with E-state index in [4.69, 9.17) is 4.42 Å². The molecule has 2 aliphatic rings. The molecule has 0 unspecified atom stereocenters. The van der Waals surface area contributed by atoms with E-state index in [1.807, 2.05) is 34.9 Å². The van der Waals surface area contributed by atoms with Crippen LogP contribution in [0.4, 0.5) is 4.39 Å². The lowest BCUT2D eigenvalue weighted by Crippen LogP contribution is -2.50. The van der Waals surface area contributed by atoms with Crippen LogP contribution in [0.15, 0.2) is 53.1 Å². The van der Waals surface area contributed by atoms with Gasteiger partial charge >= 0.3 is 0 Å². The van der Waals surface area contributed by atoms with Gasteiger partial charge in [0.15, 0.2) is 0 Å². The van der Waals surface area contributed by atoms with E-state index < -0.39 is 0 Å². The quantitative estimate of drug-likeness (QED) is 0.565. The zero-order valence-electron chi connectivity index (χ0n) is 18.9. The van der Waals surface area contributed by atoms with Gasteiger partial charge in [-0.25, -0.2) is 4.39 Å². The Hall–Kier alpha value is -3.15. The molecule has 0 saturated carbocycles. The maximum atomic E-state index is 14.4. The lowest BCUT2D eigenvalue weighted by molar-refractivity contribution is -0.139. The van der Waals surface area contributed by atoms with E-state index in [1.54, 1.807) is 24.5 Å². The number of fused-ring (bicyclic) bond motifs is 2. The highest BCUT2D eigenvalue weighted by Crippen LogP contribution is 2.32. The minimum atomic E-state index is -0.295. The van der Waals surface area contributed by atoms with Crippen LogP contribution in [0.5, 0.6) is 0 Å². The van der Waals surface area contributed by atoms with E-state index in [9.17, 15) is 14.0 Å². The van der Waals surface area contributed by atoms with Crippen molar-refractivity contribution in [3.05, 3.63) is 71.2 Å². The summed E-state index contributed by atoms with van der Waals surface area (Å²) in [7, 11) is 0. The highest BCUT2D eigenvalue weighted by molar-refractivity contribution is 5.88. The van der Waals surface area contributed by atoms with Crippen LogP contribution in [0.1, 0.15) is 48.8 Å². The van der Waals surface area contributed by atoms with E-state index >= 15 is 0 Å². The molecule has 0 aliphatic carbocycles. The molecule has 0 radical (unpaired) electrons. The second-order valence-corrected chi connectivity index (χ2v) is 9.31. The standard InChI is InChI=1S/C27H29FN2O3/c1-18-10-11-21-20(17-33-25(21)14-18)15-27(32)29-13-12-24-23(29)8-4-5-9-26(31)30(24)16-19-6-2-3-7-22(19)28/h2-3,6-7,10-11,14,17,23-24H,4-5,8-9,12-13,15-16H2,1H3/t23-,24+/m1/s1. The Balaban J connectivity index is 1.37. The van der Waals surface area contributed by atoms with Gasteiger partial charge in [0.05, 0.1) is 24.8 Å². The number of likely N-dealkylation sites (tertiary alicyclic amines) is 2. The average molecular weight is 449 g/mol. The zero-order chi connectivity index (χ0) is 22.9. The fourth-order valence-electron chi connectivity index (χ4n) is 5.42. The number of hydrogen-bond donors (Lipinski definition) is 0. The van der Waals surface area contributed by atoms with E-state index in [2.05, 4.69) is 0 Å². The number of nitrogens with zero attached hydrogens (tertiary/aromatic N) is 2. The molecule has 6 heteroatoms. The molecule has 2 aromatic carbocycles. The third-order valence-corrected chi connectivity index (χ3v) is 7.14. The molecular formula is C27H29FN2O3. The van der Waals surface area contributed by atoms with Crippen LogP contribution in [0.25, 0.3) is 11.0 Å². The summed E-state index contributed by atoms with van der Waals surface area (Å²) in [6, 6.07) is 12.5. The molecule has 2 fully saturated rings. The summed E-state index contributed by atoms with van der Waals surface area (Å²) in [5.74, 6) is -0.181. The van der Waals surface area contributed by atoms with Crippen molar-refractivity contribution in [1.82, 2.24) is 9.80 Å². The topological polar surface area (TPSA) is 53.8 Å². The first kappa shape index (κ1) is 21.7. The summed E-state index contributed by atoms with van der Waals surface area (Å²) in [5.41, 5.74) is 3.33. The summed E-state index contributed by atoms with van der Waals surface area (Å²) in [6.07, 6.45) is 5.74. The summed E-state index contributed by atoms with van der Waals surface area (Å²) < 4.78 is 20.0. The summed E-state index contributed by atoms with van der Waals surface area (Å²) in [4.78, 5) is 30.2. The molecule has 33 heavy (non-hydrogen) atoms. The van der Waals surface area contributed by atoms with E-state index in [0.717, 1.165) is 47.8 Å². The van der Waals surface area contributed by atoms with Gasteiger partial charge in [-0.15, -0.1) is 0 Å². The SMILES string of the molecule is Cc1ccc2c(CC(=O)N3CC[C@H]4[C@H]3CCCCC(=O)N4Cc3ccccc3F)coc2c1. The first-order valence-corrected chi connectivity index (χ1v) is 11.8. The molecule has 172 valence electrons. The monoisotopic (exact) mass is 448 g/mol. The second kappa shape index (κ2) is 9.00. The summed E-state index contributed by atoms with van der Waals surface area (Å²) in [6.45, 7) is 2.88. The van der Waals surface area contributed by atoms with Crippen molar-refractivity contribution < 1.29 is 18.4 Å². The Morgan fingerprint density at radius 1 is 1.09 bits per heavy atom. The Morgan fingerprint density at radius 3 is 2.79 bits per heavy atom. The minimum Gasteiger partial charge on any atom is -0.464 e. The molecule has 5 rings (SSSR count). The molecule has 3 heterocycles. The van der Waals surface area contributed by atoms with Crippen LogP contribution in [0.2, 0.25) is 0 Å². The van der Waals surface area contributed by atoms with Gasteiger partial charge in [-0.05, 0) is 43.9 Å². The molecule has 0 bridgehead atoms. The lowest BCUT2D eigenvalue weighted by atomic mass is 9.96. The zero-order valence-corrected chi connectivity index (χ0v) is 18.9. The maximum Gasteiger partial charge on any atom is 0.227 e. The van der Waals surface area contributed by atoms with Gasteiger partial charge in [-0.3, -0.25) is 9.59 Å². The smallest absolute Gasteiger partial charge is 0.227 e. The molecule has 2 amide bonds. The fraction of sp³-hybridized carbons (Fsp3) is 0.407. The summed E-state index contributed by atoms with van der Waals surface area (Å²) in [5, 5.41) is 0.971. The molecule has 0 N–H and O–H groups in total. The van der Waals surface area contributed by atoms with Crippen molar-refractivity contribution >= 4 is 22.8 Å². The number of furan rings is 1. The van der Waals surface area contributed by atoms with Gasteiger partial charge in [0.1, 0.15) is 11.4 Å². The van der Waals surface area contributed by atoms with Crippen molar-refractivity contribution in [3.8, 4) is 0 Å². The fourth-order valence-corrected chi connectivity index (χ4v) is 5.42. The average Bonchev–Trinajstić information content (AvgIpc) is 3.38. The number of carbonyl (C=O) groups excluding carboxylic acids is 2. The van der Waals surface area contributed by atoms with Crippen molar-refractivity contribution in [3.63, 3.8) is 0 Å². The van der Waals surface area contributed by atoms with Crippen LogP contribution >= 0.6 is 0 Å². The number of halogens is 1. The molecule has 1 aromatic heterocycles. The highest BCUT2D eigenvalue weighted by Gasteiger charge is 2.42. The second-order valence-electron chi connectivity index (χ2n) is 9.31. The Kier molecular flexibility index (Phi) is 5.92. The Bertz CT molecular complexity index is 1190. The van der Waals surface area contributed by atoms with Gasteiger partial charge in [-0.1, -0.05) is 36.8 Å². The predicted molar refractivity (Wildman–Crippen MR) is 124 cm³/mol. The van der Waals surface area contributed by atoms with Crippen molar-refractivity contribution in [2.24, 2.45) is 0 Å². The van der Waals surface area contributed by atoms with Crippen molar-refractivity contribution in [2.45, 2.75) is 64.1 Å². The van der Waals surface area contributed by atoms with E-state index in [0.29, 0.717) is 18.5 Å². The third-order valence-electron chi connectivity index (χ3n) is 7.14. The number of carbonyl (C=O) groups is 2.